The van der Waals surface area contributed by atoms with E-state index in [1.54, 1.807) is 31.2 Å². The van der Waals surface area contributed by atoms with Gasteiger partial charge in [-0.15, -0.1) is 0 Å². The van der Waals surface area contributed by atoms with Crippen LogP contribution in [0, 0.1) is 18.3 Å². The van der Waals surface area contributed by atoms with Crippen molar-refractivity contribution in [2.24, 2.45) is 0 Å². The van der Waals surface area contributed by atoms with E-state index in [-0.39, 0.29) is 10.5 Å². The molecule has 2 aromatic rings. The van der Waals surface area contributed by atoms with Crippen LogP contribution in [0.5, 0.6) is 0 Å². The monoisotopic (exact) mass is 386 g/mol. The summed E-state index contributed by atoms with van der Waals surface area (Å²) < 4.78 is 28.5. The number of carbonyl (C=O) groups is 2. The van der Waals surface area contributed by atoms with E-state index in [0.717, 1.165) is 6.26 Å². The number of ether oxygens (including phenoxy) is 1. The summed E-state index contributed by atoms with van der Waals surface area (Å²) in [5, 5.41) is 11.3. The molecule has 1 N–H and O–H groups in total. The number of sulfone groups is 1. The fourth-order valence-corrected chi connectivity index (χ4v) is 2.85. The van der Waals surface area contributed by atoms with Crippen molar-refractivity contribution in [1.82, 2.24) is 0 Å². The zero-order valence-electron chi connectivity index (χ0n) is 15.0. The lowest BCUT2D eigenvalue weighted by molar-refractivity contribution is -0.123. The molecule has 140 valence electrons. The average Bonchev–Trinajstić information content (AvgIpc) is 2.61. The van der Waals surface area contributed by atoms with Gasteiger partial charge in [0.1, 0.15) is 0 Å². The molecule has 0 bridgehead atoms. The number of anilines is 1. The zero-order valence-corrected chi connectivity index (χ0v) is 15.8. The van der Waals surface area contributed by atoms with Gasteiger partial charge < -0.3 is 10.1 Å². The van der Waals surface area contributed by atoms with E-state index in [4.69, 9.17) is 10.00 Å². The van der Waals surface area contributed by atoms with Gasteiger partial charge in [-0.2, -0.15) is 5.26 Å². The van der Waals surface area contributed by atoms with Gasteiger partial charge in [-0.05, 0) is 55.8 Å². The molecule has 2 aromatic carbocycles. The van der Waals surface area contributed by atoms with Gasteiger partial charge in [-0.1, -0.05) is 6.07 Å². The van der Waals surface area contributed by atoms with Crippen molar-refractivity contribution in [1.29, 1.82) is 5.26 Å². The van der Waals surface area contributed by atoms with Crippen molar-refractivity contribution in [2.45, 2.75) is 24.8 Å². The van der Waals surface area contributed by atoms with Crippen LogP contribution in [-0.4, -0.2) is 32.7 Å². The number of hydrogen-bond acceptors (Lipinski definition) is 6. The second-order valence-electron chi connectivity index (χ2n) is 5.97. The van der Waals surface area contributed by atoms with Crippen LogP contribution in [-0.2, 0) is 19.4 Å². The lowest BCUT2D eigenvalue weighted by atomic mass is 10.1. The Hall–Kier alpha value is -3.18. The van der Waals surface area contributed by atoms with Crippen molar-refractivity contribution in [2.75, 3.05) is 11.6 Å². The number of nitrogens with one attached hydrogen (secondary N) is 1. The number of rotatable bonds is 5. The number of esters is 1. The first kappa shape index (κ1) is 20.1. The summed E-state index contributed by atoms with van der Waals surface area (Å²) in [6.45, 7) is 3.05. The van der Waals surface area contributed by atoms with E-state index in [1.165, 1.54) is 25.1 Å². The van der Waals surface area contributed by atoms with Gasteiger partial charge in [0.15, 0.2) is 15.9 Å². The smallest absolute Gasteiger partial charge is 0.339 e. The normalized spacial score (nSPS) is 11.9. The highest BCUT2D eigenvalue weighted by atomic mass is 32.2. The number of hydrogen-bond donors (Lipinski definition) is 1. The summed E-state index contributed by atoms with van der Waals surface area (Å²) in [6, 6.07) is 12.3. The number of benzene rings is 2. The average molecular weight is 386 g/mol. The fraction of sp³-hybridized carbons (Fsp3) is 0.211. The molecule has 1 atom stereocenters. The van der Waals surface area contributed by atoms with Crippen LogP contribution in [0.25, 0.3) is 0 Å². The minimum atomic E-state index is -3.48. The first-order chi connectivity index (χ1) is 12.6. The summed E-state index contributed by atoms with van der Waals surface area (Å²) in [7, 11) is -3.48. The van der Waals surface area contributed by atoms with E-state index >= 15 is 0 Å². The van der Waals surface area contributed by atoms with E-state index in [1.807, 2.05) is 6.07 Å². The SMILES string of the molecule is Cc1ccc(S(C)(=O)=O)cc1C(=O)O[C@@H](C)C(=O)Nc1ccc(C#N)cc1. The van der Waals surface area contributed by atoms with Crippen LogP contribution in [0.2, 0.25) is 0 Å². The Morgan fingerprint density at radius 1 is 1.15 bits per heavy atom. The molecule has 0 aliphatic heterocycles. The maximum absolute atomic E-state index is 12.4. The molecule has 0 saturated carbocycles. The summed E-state index contributed by atoms with van der Waals surface area (Å²) in [5.74, 6) is -1.34. The van der Waals surface area contributed by atoms with Gasteiger partial charge in [0.05, 0.1) is 22.1 Å². The third kappa shape index (κ3) is 5.15. The van der Waals surface area contributed by atoms with Crippen LogP contribution >= 0.6 is 0 Å². The molecule has 0 aromatic heterocycles. The molecular weight excluding hydrogens is 368 g/mol. The Labute approximate surface area is 157 Å². The first-order valence-electron chi connectivity index (χ1n) is 7.94. The lowest BCUT2D eigenvalue weighted by Gasteiger charge is -2.15. The van der Waals surface area contributed by atoms with Crippen LogP contribution in [0.4, 0.5) is 5.69 Å². The van der Waals surface area contributed by atoms with Crippen molar-refractivity contribution in [3.8, 4) is 6.07 Å². The van der Waals surface area contributed by atoms with E-state index in [2.05, 4.69) is 5.32 Å². The standard InChI is InChI=1S/C19H18N2O5S/c1-12-4-9-16(27(3,24)25)10-17(12)19(23)26-13(2)18(22)21-15-7-5-14(11-20)6-8-15/h4-10,13H,1-3H3,(H,21,22)/t13-/m0/s1. The number of nitrogens with zero attached hydrogens (tertiary/aromatic N) is 1. The van der Waals surface area contributed by atoms with Gasteiger partial charge in [0.2, 0.25) is 0 Å². The maximum Gasteiger partial charge on any atom is 0.339 e. The molecule has 7 nitrogen and oxygen atoms in total. The molecule has 8 heteroatoms. The molecule has 1 amide bonds. The highest BCUT2D eigenvalue weighted by molar-refractivity contribution is 7.90. The molecule has 0 spiro atoms. The second-order valence-corrected chi connectivity index (χ2v) is 7.99. The highest BCUT2D eigenvalue weighted by Crippen LogP contribution is 2.18. The number of aryl methyl sites for hydroxylation is 1. The van der Waals surface area contributed by atoms with Crippen molar-refractivity contribution in [3.63, 3.8) is 0 Å². The minimum Gasteiger partial charge on any atom is -0.449 e. The topological polar surface area (TPSA) is 113 Å². The fourth-order valence-electron chi connectivity index (χ4n) is 2.20. The Morgan fingerprint density at radius 3 is 2.33 bits per heavy atom. The molecule has 0 fully saturated rings. The van der Waals surface area contributed by atoms with Crippen LogP contribution in [0.1, 0.15) is 28.4 Å². The van der Waals surface area contributed by atoms with Crippen LogP contribution in [0.3, 0.4) is 0 Å². The highest BCUT2D eigenvalue weighted by Gasteiger charge is 2.21. The van der Waals surface area contributed by atoms with Crippen molar-refractivity contribution < 1.29 is 22.7 Å². The molecule has 0 aliphatic carbocycles. The number of amides is 1. The number of carbonyl (C=O) groups excluding carboxylic acids is 2. The quantitative estimate of drug-likeness (QED) is 0.790. The number of nitriles is 1. The van der Waals surface area contributed by atoms with E-state index < -0.39 is 27.8 Å². The van der Waals surface area contributed by atoms with Gasteiger partial charge in [0, 0.05) is 11.9 Å². The molecule has 27 heavy (non-hydrogen) atoms. The second kappa shape index (κ2) is 8.01. The van der Waals surface area contributed by atoms with Gasteiger partial charge in [-0.3, -0.25) is 4.79 Å². The van der Waals surface area contributed by atoms with Crippen molar-refractivity contribution >= 4 is 27.4 Å². The summed E-state index contributed by atoms with van der Waals surface area (Å²) in [5.41, 5.74) is 1.52. The lowest BCUT2D eigenvalue weighted by Crippen LogP contribution is -2.30. The van der Waals surface area contributed by atoms with Crippen molar-refractivity contribution in [3.05, 3.63) is 59.2 Å². The van der Waals surface area contributed by atoms with E-state index in [9.17, 15) is 18.0 Å². The Bertz CT molecular complexity index is 1020. The van der Waals surface area contributed by atoms with E-state index in [0.29, 0.717) is 16.8 Å². The molecule has 0 heterocycles. The largest absolute Gasteiger partial charge is 0.449 e. The Balaban J connectivity index is 2.10. The molecule has 0 aliphatic rings. The Morgan fingerprint density at radius 2 is 1.78 bits per heavy atom. The maximum atomic E-state index is 12.4. The molecule has 0 radical (unpaired) electrons. The molecule has 2 rings (SSSR count). The molecular formula is C19H18N2O5S. The van der Waals surface area contributed by atoms with Gasteiger partial charge >= 0.3 is 5.97 Å². The zero-order chi connectivity index (χ0) is 20.2. The predicted octanol–water partition coefficient (Wildman–Crippen LogP) is 2.45. The first-order valence-corrected chi connectivity index (χ1v) is 9.83. The third-order valence-electron chi connectivity index (χ3n) is 3.79. The van der Waals surface area contributed by atoms with Crippen LogP contribution in [0.15, 0.2) is 47.4 Å². The summed E-state index contributed by atoms with van der Waals surface area (Å²) in [4.78, 5) is 24.6. The van der Waals surface area contributed by atoms with Gasteiger partial charge in [0.25, 0.3) is 5.91 Å². The van der Waals surface area contributed by atoms with Crippen LogP contribution < -0.4 is 5.32 Å². The van der Waals surface area contributed by atoms with Gasteiger partial charge in [-0.25, -0.2) is 13.2 Å². The molecule has 0 unspecified atom stereocenters. The Kier molecular flexibility index (Phi) is 5.98. The molecule has 0 saturated heterocycles. The third-order valence-corrected chi connectivity index (χ3v) is 4.90. The minimum absolute atomic E-state index is 0.00487. The summed E-state index contributed by atoms with van der Waals surface area (Å²) in [6.07, 6.45) is -0.0603. The predicted molar refractivity (Wildman–Crippen MR) is 99.0 cm³/mol. The summed E-state index contributed by atoms with van der Waals surface area (Å²) >= 11 is 0.